The molecular weight excluding hydrogens is 396 g/mol. The highest BCUT2D eigenvalue weighted by atomic mass is 16.6. The van der Waals surface area contributed by atoms with Gasteiger partial charge in [-0.1, -0.05) is 31.2 Å². The van der Waals surface area contributed by atoms with Gasteiger partial charge in [-0.25, -0.2) is 4.90 Å². The number of nitriles is 1. The maximum Gasteiger partial charge on any atom is 0.240 e. The predicted octanol–water partition coefficient (Wildman–Crippen LogP) is 2.54. The van der Waals surface area contributed by atoms with Gasteiger partial charge < -0.3 is 14.6 Å². The molecule has 7 heteroatoms. The van der Waals surface area contributed by atoms with Gasteiger partial charge in [0.1, 0.15) is 5.60 Å². The molecule has 2 aromatic rings. The van der Waals surface area contributed by atoms with E-state index in [1.807, 2.05) is 31.2 Å². The normalized spacial score (nSPS) is 33.9. The molecule has 3 fully saturated rings. The number of nitrogens with zero attached hydrogens (tertiary/aromatic N) is 2. The molecule has 31 heavy (non-hydrogen) atoms. The van der Waals surface area contributed by atoms with E-state index in [0.717, 1.165) is 0 Å². The number of carbonyl (C=O) groups excluding carboxylic acids is 2. The number of carbonyl (C=O) groups is 2. The number of hydrogen-bond donors (Lipinski definition) is 1. The van der Waals surface area contributed by atoms with E-state index in [4.69, 9.17) is 9.47 Å². The van der Waals surface area contributed by atoms with Crippen LogP contribution in [0.2, 0.25) is 0 Å². The molecule has 0 aromatic heterocycles. The van der Waals surface area contributed by atoms with Crippen LogP contribution in [0, 0.1) is 23.2 Å². The summed E-state index contributed by atoms with van der Waals surface area (Å²) in [6, 6.07) is 12.8. The summed E-state index contributed by atoms with van der Waals surface area (Å²) in [7, 11) is 1.60. The summed E-state index contributed by atoms with van der Waals surface area (Å²) < 4.78 is 12.2. The zero-order chi connectivity index (χ0) is 22.0. The molecule has 7 nitrogen and oxygen atoms in total. The summed E-state index contributed by atoms with van der Waals surface area (Å²) in [6.07, 6.45) is 0.956. The van der Waals surface area contributed by atoms with E-state index < -0.39 is 23.0 Å². The van der Waals surface area contributed by atoms with Crippen LogP contribution >= 0.6 is 0 Å². The molecule has 3 heterocycles. The van der Waals surface area contributed by atoms with Gasteiger partial charge in [0.05, 0.1) is 40.9 Å². The van der Waals surface area contributed by atoms with Gasteiger partial charge in [-0.3, -0.25) is 9.59 Å². The maximum absolute atomic E-state index is 13.8. The van der Waals surface area contributed by atoms with Crippen LogP contribution in [0.3, 0.4) is 0 Å². The Bertz CT molecular complexity index is 1140. The Balaban J connectivity index is 1.68. The van der Waals surface area contributed by atoms with Crippen LogP contribution in [0.25, 0.3) is 10.8 Å². The first-order valence-corrected chi connectivity index (χ1v) is 10.6. The van der Waals surface area contributed by atoms with Gasteiger partial charge in [-0.15, -0.1) is 0 Å². The van der Waals surface area contributed by atoms with Crippen molar-refractivity contribution in [3.63, 3.8) is 0 Å². The first kappa shape index (κ1) is 20.1. The zero-order valence-electron chi connectivity index (χ0n) is 17.5. The van der Waals surface area contributed by atoms with Gasteiger partial charge in [0.2, 0.25) is 11.8 Å². The molecule has 1 N–H and O–H groups in total. The Hall–Kier alpha value is -2.79. The van der Waals surface area contributed by atoms with E-state index in [2.05, 4.69) is 6.07 Å². The van der Waals surface area contributed by atoms with Crippen LogP contribution in [0.1, 0.15) is 31.7 Å². The summed E-state index contributed by atoms with van der Waals surface area (Å²) >= 11 is 0. The molecule has 5 atom stereocenters. The van der Waals surface area contributed by atoms with E-state index in [1.165, 1.54) is 4.90 Å². The van der Waals surface area contributed by atoms with Gasteiger partial charge in [0.15, 0.2) is 0 Å². The van der Waals surface area contributed by atoms with Gasteiger partial charge in [0.25, 0.3) is 0 Å². The molecule has 0 aliphatic carbocycles. The Morgan fingerprint density at radius 3 is 2.55 bits per heavy atom. The summed E-state index contributed by atoms with van der Waals surface area (Å²) in [5.41, 5.74) is -0.834. The van der Waals surface area contributed by atoms with Gasteiger partial charge >= 0.3 is 0 Å². The number of imide groups is 1. The molecule has 0 spiro atoms. The number of fused-ring (bicyclic) bond motifs is 6. The molecule has 0 radical (unpaired) electrons. The van der Waals surface area contributed by atoms with Crippen molar-refractivity contribution in [1.29, 1.82) is 5.26 Å². The van der Waals surface area contributed by atoms with Crippen molar-refractivity contribution >= 4 is 28.3 Å². The Morgan fingerprint density at radius 1 is 1.19 bits per heavy atom. The summed E-state index contributed by atoms with van der Waals surface area (Å²) in [4.78, 5) is 28.8. The van der Waals surface area contributed by atoms with Gasteiger partial charge in [0, 0.05) is 37.3 Å². The molecular formula is C24H24N2O5. The topological polar surface area (TPSA) is 99.9 Å². The maximum atomic E-state index is 13.8. The average Bonchev–Trinajstić information content (AvgIpc) is 3.37. The van der Waals surface area contributed by atoms with Crippen molar-refractivity contribution in [3.8, 4) is 6.07 Å². The Morgan fingerprint density at radius 2 is 1.90 bits per heavy atom. The van der Waals surface area contributed by atoms with Crippen molar-refractivity contribution < 1.29 is 24.2 Å². The van der Waals surface area contributed by atoms with E-state index in [-0.39, 0.29) is 30.9 Å². The highest BCUT2D eigenvalue weighted by Gasteiger charge is 2.78. The van der Waals surface area contributed by atoms with E-state index in [1.54, 1.807) is 19.2 Å². The van der Waals surface area contributed by atoms with Crippen LogP contribution in [0.15, 0.2) is 36.4 Å². The molecule has 3 saturated heterocycles. The highest BCUT2D eigenvalue weighted by Crippen LogP contribution is 2.64. The van der Waals surface area contributed by atoms with Crippen LogP contribution < -0.4 is 4.90 Å². The number of aliphatic hydroxyl groups excluding tert-OH is 1. The van der Waals surface area contributed by atoms with Crippen molar-refractivity contribution in [2.45, 2.75) is 43.5 Å². The van der Waals surface area contributed by atoms with E-state index in [9.17, 15) is 20.0 Å². The molecule has 5 rings (SSSR count). The SMILES string of the molecule is CCC12OC(CCO)(C[C@@H]1OC)[C@H]1C(=O)N(c3ccc(C#N)c4ccccc34)C(=O)[C@H]12. The molecule has 2 amide bonds. The van der Waals surface area contributed by atoms with Gasteiger partial charge in [-0.05, 0) is 18.6 Å². The third-order valence-electron chi connectivity index (χ3n) is 7.50. The lowest BCUT2D eigenvalue weighted by Crippen LogP contribution is -2.51. The fourth-order valence-corrected chi connectivity index (χ4v) is 6.23. The lowest BCUT2D eigenvalue weighted by molar-refractivity contribution is -0.139. The average molecular weight is 420 g/mol. The molecule has 3 aliphatic rings. The van der Waals surface area contributed by atoms with Gasteiger partial charge in [-0.2, -0.15) is 5.26 Å². The minimum Gasteiger partial charge on any atom is -0.396 e. The standard InChI is InChI=1S/C24H24N2O5/c1-3-24-18(30-2)12-23(31-24,10-11-27)19-20(24)22(29)26(21(19)28)17-9-8-14(13-25)15-6-4-5-7-16(15)17/h4-9,18-20,27H,3,10-12H2,1-2H3/t18-,19+,20-,23?,24?/m0/s1. The molecule has 0 saturated carbocycles. The second kappa shape index (κ2) is 6.86. The van der Waals surface area contributed by atoms with Crippen molar-refractivity contribution in [2.75, 3.05) is 18.6 Å². The van der Waals surface area contributed by atoms with Crippen LogP contribution in [-0.4, -0.2) is 47.9 Å². The smallest absolute Gasteiger partial charge is 0.240 e. The summed E-state index contributed by atoms with van der Waals surface area (Å²) in [5, 5.41) is 20.6. The largest absolute Gasteiger partial charge is 0.396 e. The zero-order valence-corrected chi connectivity index (χ0v) is 17.5. The van der Waals surface area contributed by atoms with Crippen molar-refractivity contribution in [1.82, 2.24) is 0 Å². The van der Waals surface area contributed by atoms with E-state index >= 15 is 0 Å². The minimum absolute atomic E-state index is 0.138. The monoisotopic (exact) mass is 420 g/mol. The molecule has 2 aromatic carbocycles. The van der Waals surface area contributed by atoms with Crippen molar-refractivity contribution in [2.24, 2.45) is 11.8 Å². The highest BCUT2D eigenvalue weighted by molar-refractivity contribution is 6.26. The Labute approximate surface area is 180 Å². The van der Waals surface area contributed by atoms with Crippen LogP contribution in [0.4, 0.5) is 5.69 Å². The molecule has 2 bridgehead atoms. The molecule has 2 unspecified atom stereocenters. The number of aliphatic hydroxyl groups is 1. The number of ether oxygens (including phenoxy) is 2. The quantitative estimate of drug-likeness (QED) is 0.746. The number of benzene rings is 2. The lowest BCUT2D eigenvalue weighted by Gasteiger charge is -2.36. The fourth-order valence-electron chi connectivity index (χ4n) is 6.23. The summed E-state index contributed by atoms with van der Waals surface area (Å²) in [5.74, 6) is -1.92. The second-order valence-electron chi connectivity index (χ2n) is 8.63. The first-order chi connectivity index (χ1) is 15.0. The fraction of sp³-hybridized carbons (Fsp3) is 0.458. The minimum atomic E-state index is -0.917. The predicted molar refractivity (Wildman–Crippen MR) is 112 cm³/mol. The summed E-state index contributed by atoms with van der Waals surface area (Å²) in [6.45, 7) is 1.81. The number of rotatable bonds is 5. The van der Waals surface area contributed by atoms with E-state index in [0.29, 0.717) is 34.9 Å². The second-order valence-corrected chi connectivity index (χ2v) is 8.63. The molecule has 3 aliphatic heterocycles. The third-order valence-corrected chi connectivity index (χ3v) is 7.50. The number of amides is 2. The van der Waals surface area contributed by atoms with Crippen molar-refractivity contribution in [3.05, 3.63) is 42.0 Å². The first-order valence-electron chi connectivity index (χ1n) is 10.6. The van der Waals surface area contributed by atoms with Crippen LogP contribution in [0.5, 0.6) is 0 Å². The lowest BCUT2D eigenvalue weighted by atomic mass is 9.64. The molecule has 160 valence electrons. The number of anilines is 1. The third kappa shape index (κ3) is 2.38. The van der Waals surface area contributed by atoms with Crippen LogP contribution in [-0.2, 0) is 19.1 Å². The number of methoxy groups -OCH3 is 1. The number of hydrogen-bond acceptors (Lipinski definition) is 6. The Kier molecular flexibility index (Phi) is 4.45.